The normalized spacial score (nSPS) is 13.7. The van der Waals surface area contributed by atoms with Gasteiger partial charge in [0.2, 0.25) is 27.7 Å². The molecule has 0 radical (unpaired) electrons. The molecule has 10 aromatic rings. The zero-order valence-electron chi connectivity index (χ0n) is 66.1. The molecule has 3 unspecified atom stereocenters. The number of nitrogens with zero attached hydrogens (tertiary/aromatic N) is 8. The Morgan fingerprint density at radius 1 is 0.534 bits per heavy atom. The molecular weight excluding hydrogens is 1580 g/mol. The number of phenolic OH excluding ortho intramolecular Hbond substituents is 1. The van der Waals surface area contributed by atoms with E-state index in [0.717, 1.165) is 103 Å². The van der Waals surface area contributed by atoms with Crippen LogP contribution in [0.25, 0.3) is 11.3 Å². The lowest BCUT2D eigenvalue weighted by Gasteiger charge is -2.44. The molecule has 28 nitrogen and oxygen atoms in total. The molecule has 12 N–H and O–H groups in total. The summed E-state index contributed by atoms with van der Waals surface area (Å²) in [4.78, 5) is 52.8. The predicted molar refractivity (Wildman–Crippen MR) is 456 cm³/mol. The van der Waals surface area contributed by atoms with Crippen LogP contribution in [0.15, 0.2) is 201 Å². The number of aryl methyl sites for hydroxylation is 6. The number of nitrogens with one attached hydrogen (secondary N) is 4. The van der Waals surface area contributed by atoms with Crippen molar-refractivity contribution in [2.75, 3.05) is 69.8 Å². The summed E-state index contributed by atoms with van der Waals surface area (Å²) in [5.74, 6) is -0.772. The van der Waals surface area contributed by atoms with Crippen LogP contribution in [0.4, 0.5) is 28.4 Å². The Bertz CT molecular complexity index is 5260. The molecule has 2 aliphatic heterocycles. The third-order valence-corrected chi connectivity index (χ3v) is 19.3. The average molecular weight is 1680 g/mol. The van der Waals surface area contributed by atoms with Gasteiger partial charge in [0.05, 0.1) is 53.5 Å². The first-order valence-electron chi connectivity index (χ1n) is 36.9. The summed E-state index contributed by atoms with van der Waals surface area (Å²) >= 11 is 6.09. The van der Waals surface area contributed by atoms with Gasteiger partial charge < -0.3 is 56.1 Å². The minimum Gasteiger partial charge on any atom is -0.506 e. The Morgan fingerprint density at radius 2 is 0.940 bits per heavy atom. The highest BCUT2D eigenvalue weighted by atomic mass is 35.5. The van der Waals surface area contributed by atoms with Crippen molar-refractivity contribution in [3.05, 3.63) is 273 Å². The maximum absolute atomic E-state index is 11.6. The molecule has 3 amide bonds. The molecule has 2 aliphatic rings. The molecule has 3 atom stereocenters. The molecule has 0 saturated carbocycles. The van der Waals surface area contributed by atoms with Gasteiger partial charge in [0.15, 0.2) is 0 Å². The largest absolute Gasteiger partial charge is 0.506 e. The van der Waals surface area contributed by atoms with E-state index >= 15 is 0 Å². The number of aromatic hydroxyl groups is 1. The number of imidazole rings is 2. The van der Waals surface area contributed by atoms with E-state index in [1.165, 1.54) is 50.4 Å². The number of nitrogens with two attached hydrogens (primary N) is 3. The van der Waals surface area contributed by atoms with Crippen molar-refractivity contribution in [3.63, 3.8) is 0 Å². The first-order chi connectivity index (χ1) is 54.9. The number of hydrogen-bond donors (Lipinski definition) is 9. The van der Waals surface area contributed by atoms with E-state index in [0.29, 0.717) is 55.9 Å². The molecule has 2 aromatic heterocycles. The zero-order chi connectivity index (χ0) is 85.3. The third kappa shape index (κ3) is 32.7. The first-order valence-corrected chi connectivity index (χ1v) is 42.4. The molecule has 8 aromatic carbocycles. The number of anilines is 5. The van der Waals surface area contributed by atoms with Gasteiger partial charge in [0.1, 0.15) is 5.75 Å². The molecular formula is C83H102ClN15O13S4. The summed E-state index contributed by atoms with van der Waals surface area (Å²) in [7, 11) is -11.2. The first kappa shape index (κ1) is 93.3. The fourth-order valence-electron chi connectivity index (χ4n) is 13.8. The quantitative estimate of drug-likeness (QED) is 0.0287. The maximum atomic E-state index is 11.6. The Hall–Kier alpha value is -11.5. The molecule has 618 valence electrons. The summed E-state index contributed by atoms with van der Waals surface area (Å²) in [5.41, 5.74) is 36.1. The van der Waals surface area contributed by atoms with Crippen molar-refractivity contribution < 1.29 is 58.3 Å². The maximum Gasteiger partial charge on any atom is 0.308 e. The van der Waals surface area contributed by atoms with E-state index in [2.05, 4.69) is 147 Å². The highest BCUT2D eigenvalue weighted by Crippen LogP contribution is 2.36. The fourth-order valence-corrected chi connectivity index (χ4v) is 14.5. The number of sulfonamides is 1. The number of aliphatic hydroxyl groups is 1. The number of aliphatic hydroxyl groups excluding tert-OH is 1. The number of amides is 3. The number of carbonyl (C=O) groups is 3. The SMILES string of the molecule is Cc1cc(C)cc(Cn2cnc(Cc3ccccc3)c2CC(N)=O)c1.Cc1cc(C)cc(N2CCN(c3ccccc3)CC2CCC(N)=O)c1.Cc1cc(Cn2cnc(-c3ccccc3)c2CC(C)O)cc(NS(C)(=O)=O)c1.Cc1cc(N2CCN(c3ccccc3)CC2CCC(N)=O)cc(O)c1Cl.N=S(=O)=O.N=S(=O)=O.N=S(=O)=O. The lowest BCUT2D eigenvalue weighted by atomic mass is 10.0. The van der Waals surface area contributed by atoms with E-state index in [1.807, 2.05) is 120 Å². The van der Waals surface area contributed by atoms with Crippen LogP contribution < -0.4 is 41.5 Å². The summed E-state index contributed by atoms with van der Waals surface area (Å²) < 4.78 is 98.2. The van der Waals surface area contributed by atoms with E-state index < -0.39 is 47.6 Å². The third-order valence-electron chi connectivity index (χ3n) is 18.2. The molecule has 0 bridgehead atoms. The molecule has 12 rings (SSSR count). The Labute approximate surface area is 688 Å². The molecule has 0 aliphatic carbocycles. The van der Waals surface area contributed by atoms with Gasteiger partial charge in [-0.1, -0.05) is 150 Å². The second kappa shape index (κ2) is 46.1. The van der Waals surface area contributed by atoms with Crippen molar-refractivity contribution in [2.45, 2.75) is 125 Å². The van der Waals surface area contributed by atoms with Crippen molar-refractivity contribution in [2.24, 2.45) is 17.2 Å². The van der Waals surface area contributed by atoms with Crippen LogP contribution in [0, 0.1) is 55.9 Å². The second-order valence-electron chi connectivity index (χ2n) is 28.1. The van der Waals surface area contributed by atoms with Gasteiger partial charge >= 0.3 is 31.5 Å². The van der Waals surface area contributed by atoms with Crippen molar-refractivity contribution in [1.82, 2.24) is 19.1 Å². The van der Waals surface area contributed by atoms with Crippen LogP contribution in [0.3, 0.4) is 0 Å². The minimum absolute atomic E-state index is 0.0841. The van der Waals surface area contributed by atoms with Crippen molar-refractivity contribution in [1.29, 1.82) is 14.3 Å². The Kier molecular flexibility index (Phi) is 37.1. The Morgan fingerprint density at radius 3 is 1.37 bits per heavy atom. The standard InChI is InChI=1S/C21H25N3O3S.C21H23N3O.C21H27N3O.C20H24ClN3O2.3HNO2S/c1-15-9-17(12-19(10-15)23-28(3,26)27)13-24-14-22-21(20(24)11-16(2)25)18-7-5-4-6-8-18;1-15-8-16(2)10-18(9-15)13-24-14-23-19(20(24)12-21(22)25)11-17-6-4-3-5-7-17;1-16-12-17(2)14-20(13-16)24-11-10-23(18-6-4-3-5-7-18)15-19(24)8-9-21(22)25;1-14-11-17(12-18(25)20(14)21)24-10-9-23(15-5-3-2-4-6-15)13-16(24)7-8-19(22)26;3*1-4(2)3/h4-10,12,14,16,23,25H,11,13H2,1-3H3;3-10,14H,11-13H2,1-2H3,(H2,22,25);3-7,12-14,19H,8-11,15H2,1-2H3,(H2,22,25);2-6,11-12,16,25H,7-10,13H2,1H3,(H2,22,26);3*1H. The number of halogens is 1. The topological polar surface area (TPSA) is 438 Å². The summed E-state index contributed by atoms with van der Waals surface area (Å²) in [6.45, 7) is 20.5. The van der Waals surface area contributed by atoms with Crippen molar-refractivity contribution in [3.8, 4) is 17.0 Å². The van der Waals surface area contributed by atoms with Crippen LogP contribution in [-0.4, -0.2) is 144 Å². The van der Waals surface area contributed by atoms with Crippen LogP contribution in [0.5, 0.6) is 5.75 Å². The number of carbonyl (C=O) groups excluding carboxylic acids is 3. The smallest absolute Gasteiger partial charge is 0.308 e. The van der Waals surface area contributed by atoms with E-state index in [9.17, 15) is 33.0 Å². The molecule has 4 heterocycles. The van der Waals surface area contributed by atoms with Gasteiger partial charge in [-0.3, -0.25) is 19.1 Å². The van der Waals surface area contributed by atoms with Crippen LogP contribution in [-0.2, 0) is 88.3 Å². The van der Waals surface area contributed by atoms with E-state index in [4.69, 9.17) is 68.4 Å². The molecule has 33 heteroatoms. The fraction of sp³-hybridized carbons (Fsp3) is 0.313. The lowest BCUT2D eigenvalue weighted by Crippen LogP contribution is -2.53. The van der Waals surface area contributed by atoms with Gasteiger partial charge in [0.25, 0.3) is 0 Å². The molecule has 116 heavy (non-hydrogen) atoms. The number of rotatable bonds is 23. The second-order valence-corrected chi connectivity index (χ2v) is 31.7. The zero-order valence-corrected chi connectivity index (χ0v) is 70.1. The van der Waals surface area contributed by atoms with Gasteiger partial charge in [-0.25, -0.2) is 18.4 Å². The highest BCUT2D eigenvalue weighted by molar-refractivity contribution is 7.92. The summed E-state index contributed by atoms with van der Waals surface area (Å²) in [5, 5.41) is 20.5. The van der Waals surface area contributed by atoms with Crippen LogP contribution in [0.2, 0.25) is 5.02 Å². The number of phenols is 1. The molecule has 2 fully saturated rings. The lowest BCUT2D eigenvalue weighted by molar-refractivity contribution is -0.119. The monoisotopic (exact) mass is 1680 g/mol. The van der Waals surface area contributed by atoms with E-state index in [-0.39, 0.29) is 42.0 Å². The van der Waals surface area contributed by atoms with Gasteiger partial charge in [0, 0.05) is 136 Å². The number of benzene rings is 8. The highest BCUT2D eigenvalue weighted by Gasteiger charge is 2.30. The van der Waals surface area contributed by atoms with Crippen molar-refractivity contribution >= 4 is 99.3 Å². The van der Waals surface area contributed by atoms with Crippen LogP contribution in [0.1, 0.15) is 99.8 Å². The molecule has 2 saturated heterocycles. The number of hydrogen-bond acceptors (Lipinski definition) is 22. The predicted octanol–water partition coefficient (Wildman–Crippen LogP) is 11.8. The number of primary amides is 3. The van der Waals surface area contributed by atoms with E-state index in [1.54, 1.807) is 25.4 Å². The number of piperazine rings is 2. The number of para-hydroxylation sites is 2. The van der Waals surface area contributed by atoms with Gasteiger partial charge in [-0.05, 0) is 155 Å². The number of aromatic nitrogens is 4. The minimum atomic E-state index is -3.34. The van der Waals surface area contributed by atoms with Gasteiger partial charge in [-0.15, -0.1) is 0 Å². The summed E-state index contributed by atoms with van der Waals surface area (Å²) in [6.07, 6.45) is 7.81. The van der Waals surface area contributed by atoms with Gasteiger partial charge in [-0.2, -0.15) is 39.6 Å². The molecule has 0 spiro atoms. The summed E-state index contributed by atoms with van der Waals surface area (Å²) in [6, 6.07) is 63.6. The Balaban J connectivity index is 0.000000229. The average Bonchev–Trinajstić information content (AvgIpc) is 1.03. The van der Waals surface area contributed by atoms with Crippen LogP contribution >= 0.6 is 11.6 Å².